The van der Waals surface area contributed by atoms with Crippen molar-refractivity contribution in [1.29, 1.82) is 0 Å². The summed E-state index contributed by atoms with van der Waals surface area (Å²) in [5.41, 5.74) is -1.22. The fraction of sp³-hybridized carbons (Fsp3) is 0.333. The van der Waals surface area contributed by atoms with Gasteiger partial charge in [-0.05, 0) is 32.9 Å². The van der Waals surface area contributed by atoms with Crippen LogP contribution in [-0.2, 0) is 0 Å². The Kier molecular flexibility index (Phi) is 4.44. The van der Waals surface area contributed by atoms with Crippen molar-refractivity contribution in [3.63, 3.8) is 0 Å². The highest BCUT2D eigenvalue weighted by molar-refractivity contribution is 5.37. The predicted octanol–water partition coefficient (Wildman–Crippen LogP) is 2.57. The molecule has 0 aliphatic carbocycles. The molecule has 0 saturated carbocycles. The molecule has 0 aliphatic rings. The number of rotatable bonds is 4. The number of halogens is 2. The summed E-state index contributed by atoms with van der Waals surface area (Å²) < 4.78 is 28.5. The first-order valence-corrected chi connectivity index (χ1v) is 6.87. The molecule has 1 unspecified atom stereocenters. The van der Waals surface area contributed by atoms with E-state index in [-0.39, 0.29) is 17.4 Å². The van der Waals surface area contributed by atoms with Gasteiger partial charge in [-0.1, -0.05) is 6.07 Å². The first-order chi connectivity index (χ1) is 10.3. The third-order valence-corrected chi connectivity index (χ3v) is 3.29. The lowest BCUT2D eigenvalue weighted by Gasteiger charge is -2.17. The minimum absolute atomic E-state index is 0.113. The second kappa shape index (κ2) is 6.13. The van der Waals surface area contributed by atoms with Crippen LogP contribution < -0.4 is 16.6 Å². The Bertz CT molecular complexity index is 745. The van der Waals surface area contributed by atoms with Crippen molar-refractivity contribution < 1.29 is 8.78 Å². The highest BCUT2D eigenvalue weighted by Crippen LogP contribution is 2.22. The molecule has 5 nitrogen and oxygen atoms in total. The number of hydrogen-bond acceptors (Lipinski definition) is 3. The van der Waals surface area contributed by atoms with Crippen LogP contribution in [0.1, 0.15) is 38.4 Å². The van der Waals surface area contributed by atoms with Crippen LogP contribution in [0, 0.1) is 11.6 Å². The molecule has 7 heteroatoms. The molecule has 0 fully saturated rings. The average Bonchev–Trinajstić information content (AvgIpc) is 2.36. The summed E-state index contributed by atoms with van der Waals surface area (Å²) in [6, 6.07) is 3.72. The van der Waals surface area contributed by atoms with Gasteiger partial charge in [-0.3, -0.25) is 14.3 Å². The number of H-pyrrole nitrogens is 1. The maximum absolute atomic E-state index is 13.7. The number of aromatic amines is 1. The van der Waals surface area contributed by atoms with E-state index in [2.05, 4.69) is 10.3 Å². The van der Waals surface area contributed by atoms with Crippen molar-refractivity contribution in [2.24, 2.45) is 0 Å². The molecule has 1 aromatic carbocycles. The van der Waals surface area contributed by atoms with Crippen LogP contribution in [-0.4, -0.2) is 9.55 Å². The summed E-state index contributed by atoms with van der Waals surface area (Å²) in [7, 11) is 0. The maximum atomic E-state index is 13.7. The molecule has 0 spiro atoms. The van der Waals surface area contributed by atoms with Crippen LogP contribution in [0.4, 0.5) is 14.6 Å². The number of benzene rings is 1. The summed E-state index contributed by atoms with van der Waals surface area (Å²) in [4.78, 5) is 26.3. The van der Waals surface area contributed by atoms with Crippen LogP contribution in [0.15, 0.2) is 33.9 Å². The summed E-state index contributed by atoms with van der Waals surface area (Å²) in [5, 5.41) is 2.74. The molecular formula is C15H17F2N3O2. The molecule has 0 amide bonds. The summed E-state index contributed by atoms with van der Waals surface area (Å²) in [5.74, 6) is -1.28. The van der Waals surface area contributed by atoms with Gasteiger partial charge in [0.25, 0.3) is 5.56 Å². The smallest absolute Gasteiger partial charge is 0.330 e. The van der Waals surface area contributed by atoms with Crippen LogP contribution >= 0.6 is 0 Å². The quantitative estimate of drug-likeness (QED) is 0.912. The van der Waals surface area contributed by atoms with Crippen molar-refractivity contribution >= 4 is 5.82 Å². The molecule has 1 atom stereocenters. The molecule has 0 saturated heterocycles. The van der Waals surface area contributed by atoms with Crippen molar-refractivity contribution in [2.75, 3.05) is 5.32 Å². The minimum Gasteiger partial charge on any atom is -0.365 e. The van der Waals surface area contributed by atoms with Crippen LogP contribution in [0.3, 0.4) is 0 Å². The first kappa shape index (κ1) is 15.9. The normalized spacial score (nSPS) is 12.5. The van der Waals surface area contributed by atoms with Crippen molar-refractivity contribution in [3.8, 4) is 0 Å². The van der Waals surface area contributed by atoms with Gasteiger partial charge in [0.15, 0.2) is 0 Å². The molecule has 0 aliphatic heterocycles. The van der Waals surface area contributed by atoms with Crippen molar-refractivity contribution in [2.45, 2.75) is 32.9 Å². The Morgan fingerprint density at radius 1 is 1.14 bits per heavy atom. The van der Waals surface area contributed by atoms with E-state index >= 15 is 0 Å². The van der Waals surface area contributed by atoms with E-state index in [0.717, 1.165) is 16.7 Å². The zero-order valence-electron chi connectivity index (χ0n) is 12.5. The highest BCUT2D eigenvalue weighted by Gasteiger charge is 2.17. The largest absolute Gasteiger partial charge is 0.365 e. The topological polar surface area (TPSA) is 66.9 Å². The van der Waals surface area contributed by atoms with Crippen molar-refractivity contribution in [3.05, 3.63) is 62.3 Å². The zero-order chi connectivity index (χ0) is 16.4. The molecule has 1 heterocycles. The predicted molar refractivity (Wildman–Crippen MR) is 80.1 cm³/mol. The number of nitrogens with zero attached hydrogens (tertiary/aromatic N) is 1. The molecule has 2 rings (SSSR count). The fourth-order valence-electron chi connectivity index (χ4n) is 2.30. The van der Waals surface area contributed by atoms with Gasteiger partial charge in [0.05, 0.1) is 6.04 Å². The van der Waals surface area contributed by atoms with Crippen LogP contribution in [0.25, 0.3) is 0 Å². The van der Waals surface area contributed by atoms with E-state index in [1.54, 1.807) is 13.8 Å². The van der Waals surface area contributed by atoms with E-state index in [0.29, 0.717) is 0 Å². The Morgan fingerprint density at radius 2 is 1.73 bits per heavy atom. The second-order valence-electron chi connectivity index (χ2n) is 5.29. The first-order valence-electron chi connectivity index (χ1n) is 6.87. The lowest BCUT2D eigenvalue weighted by Crippen LogP contribution is -2.36. The lowest BCUT2D eigenvalue weighted by atomic mass is 10.1. The molecule has 2 N–H and O–H groups in total. The Balaban J connectivity index is 2.36. The van der Waals surface area contributed by atoms with E-state index in [1.165, 1.54) is 19.1 Å². The Morgan fingerprint density at radius 3 is 2.23 bits per heavy atom. The minimum atomic E-state index is -0.758. The number of aromatic nitrogens is 2. The molecule has 0 radical (unpaired) electrons. The van der Waals surface area contributed by atoms with E-state index in [4.69, 9.17) is 0 Å². The SMILES string of the molecule is CC(Nc1cc(=O)n(C(C)C)c(=O)[nH]1)c1c(F)cccc1F. The maximum Gasteiger partial charge on any atom is 0.330 e. The third kappa shape index (κ3) is 3.08. The lowest BCUT2D eigenvalue weighted by molar-refractivity contribution is 0.539. The van der Waals surface area contributed by atoms with E-state index in [9.17, 15) is 18.4 Å². The Labute approximate surface area is 125 Å². The third-order valence-electron chi connectivity index (χ3n) is 3.29. The molecule has 0 bridgehead atoms. The standard InChI is InChI=1S/C15H17F2N3O2/c1-8(2)20-13(21)7-12(19-15(20)22)18-9(3)14-10(16)5-4-6-11(14)17/h4-9,18H,1-3H3,(H,19,22). The summed E-state index contributed by atoms with van der Waals surface area (Å²) in [6.45, 7) is 4.95. The van der Waals surface area contributed by atoms with E-state index in [1.807, 2.05) is 0 Å². The summed E-state index contributed by atoms with van der Waals surface area (Å²) >= 11 is 0. The zero-order valence-corrected chi connectivity index (χ0v) is 12.5. The van der Waals surface area contributed by atoms with Gasteiger partial charge in [-0.2, -0.15) is 0 Å². The molecule has 2 aromatic rings. The number of hydrogen-bond donors (Lipinski definition) is 2. The highest BCUT2D eigenvalue weighted by atomic mass is 19.1. The monoisotopic (exact) mass is 309 g/mol. The number of anilines is 1. The van der Waals surface area contributed by atoms with Gasteiger partial charge in [-0.15, -0.1) is 0 Å². The Hall–Kier alpha value is -2.44. The van der Waals surface area contributed by atoms with Gasteiger partial charge >= 0.3 is 5.69 Å². The fourth-order valence-corrected chi connectivity index (χ4v) is 2.30. The van der Waals surface area contributed by atoms with Crippen LogP contribution in [0.2, 0.25) is 0 Å². The van der Waals surface area contributed by atoms with Gasteiger partial charge in [0.2, 0.25) is 0 Å². The van der Waals surface area contributed by atoms with Gasteiger partial charge in [-0.25, -0.2) is 13.6 Å². The molecule has 22 heavy (non-hydrogen) atoms. The average molecular weight is 309 g/mol. The van der Waals surface area contributed by atoms with E-state index < -0.39 is 28.9 Å². The van der Waals surface area contributed by atoms with Gasteiger partial charge < -0.3 is 5.32 Å². The summed E-state index contributed by atoms with van der Waals surface area (Å²) in [6.07, 6.45) is 0. The van der Waals surface area contributed by atoms with Crippen molar-refractivity contribution in [1.82, 2.24) is 9.55 Å². The van der Waals surface area contributed by atoms with Gasteiger partial charge in [0, 0.05) is 17.7 Å². The number of nitrogens with one attached hydrogen (secondary N) is 2. The van der Waals surface area contributed by atoms with Crippen LogP contribution in [0.5, 0.6) is 0 Å². The molecular weight excluding hydrogens is 292 g/mol. The molecule has 118 valence electrons. The van der Waals surface area contributed by atoms with Gasteiger partial charge in [0.1, 0.15) is 17.5 Å². The molecule has 1 aromatic heterocycles. The second-order valence-corrected chi connectivity index (χ2v) is 5.29.